The summed E-state index contributed by atoms with van der Waals surface area (Å²) in [7, 11) is 1.45. The van der Waals surface area contributed by atoms with Crippen LogP contribution < -0.4 is 20.1 Å². The SMILES string of the molecule is CCOc1cc(C(=O)Nc2ccccc2Cl)c(OC(=O)NC)c2ccccc12. The second-order valence-corrected chi connectivity index (χ2v) is 6.21. The van der Waals surface area contributed by atoms with Crippen molar-refractivity contribution in [1.82, 2.24) is 5.32 Å². The normalized spacial score (nSPS) is 10.4. The van der Waals surface area contributed by atoms with Crippen molar-refractivity contribution in [2.45, 2.75) is 6.92 Å². The fourth-order valence-electron chi connectivity index (χ4n) is 2.76. The van der Waals surface area contributed by atoms with E-state index in [2.05, 4.69) is 10.6 Å². The first-order valence-corrected chi connectivity index (χ1v) is 9.07. The molecule has 2 N–H and O–H groups in total. The molecule has 0 saturated heterocycles. The Morgan fingerprint density at radius 1 is 1.04 bits per heavy atom. The van der Waals surface area contributed by atoms with Gasteiger partial charge in [-0.15, -0.1) is 0 Å². The summed E-state index contributed by atoms with van der Waals surface area (Å²) >= 11 is 6.14. The lowest BCUT2D eigenvalue weighted by Crippen LogP contribution is -2.24. The molecule has 6 nitrogen and oxygen atoms in total. The van der Waals surface area contributed by atoms with E-state index >= 15 is 0 Å². The third-order valence-corrected chi connectivity index (χ3v) is 4.35. The number of benzene rings is 3. The van der Waals surface area contributed by atoms with E-state index in [-0.39, 0.29) is 11.3 Å². The number of ether oxygens (including phenoxy) is 2. The number of carbonyl (C=O) groups excluding carboxylic acids is 2. The lowest BCUT2D eigenvalue weighted by Gasteiger charge is -2.16. The van der Waals surface area contributed by atoms with E-state index in [9.17, 15) is 9.59 Å². The number of rotatable bonds is 5. The highest BCUT2D eigenvalue weighted by Gasteiger charge is 2.22. The Balaban J connectivity index is 2.15. The highest BCUT2D eigenvalue weighted by molar-refractivity contribution is 6.34. The lowest BCUT2D eigenvalue weighted by atomic mass is 10.0. The Hall–Kier alpha value is -3.25. The molecular weight excluding hydrogens is 380 g/mol. The number of hydrogen-bond acceptors (Lipinski definition) is 4. The van der Waals surface area contributed by atoms with E-state index in [4.69, 9.17) is 21.1 Å². The van der Waals surface area contributed by atoms with Crippen molar-refractivity contribution in [1.29, 1.82) is 0 Å². The minimum atomic E-state index is -0.680. The Kier molecular flexibility index (Phi) is 6.01. The van der Waals surface area contributed by atoms with Gasteiger partial charge in [-0.2, -0.15) is 0 Å². The maximum atomic E-state index is 13.0. The molecule has 0 spiro atoms. The van der Waals surface area contributed by atoms with Crippen molar-refractivity contribution in [3.8, 4) is 11.5 Å². The fraction of sp³-hybridized carbons (Fsp3) is 0.143. The molecule has 0 aliphatic carbocycles. The van der Waals surface area contributed by atoms with E-state index in [1.807, 2.05) is 19.1 Å². The third kappa shape index (κ3) is 4.02. The van der Waals surface area contributed by atoms with Crippen molar-refractivity contribution in [2.75, 3.05) is 19.0 Å². The average molecular weight is 399 g/mol. The third-order valence-electron chi connectivity index (χ3n) is 4.02. The fourth-order valence-corrected chi connectivity index (χ4v) is 2.95. The van der Waals surface area contributed by atoms with Gasteiger partial charge in [0.15, 0.2) is 5.75 Å². The number of hydrogen-bond donors (Lipinski definition) is 2. The Morgan fingerprint density at radius 2 is 1.71 bits per heavy atom. The van der Waals surface area contributed by atoms with Gasteiger partial charge in [0.25, 0.3) is 5.91 Å². The highest BCUT2D eigenvalue weighted by atomic mass is 35.5. The predicted octanol–water partition coefficient (Wildman–Crippen LogP) is 4.86. The summed E-state index contributed by atoms with van der Waals surface area (Å²) in [6.45, 7) is 2.28. The van der Waals surface area contributed by atoms with Crippen molar-refractivity contribution in [3.05, 3.63) is 65.2 Å². The minimum absolute atomic E-state index is 0.142. The Bertz CT molecular complexity index is 1040. The zero-order valence-corrected chi connectivity index (χ0v) is 16.2. The second kappa shape index (κ2) is 8.63. The van der Waals surface area contributed by atoms with Gasteiger partial charge >= 0.3 is 6.09 Å². The first-order chi connectivity index (χ1) is 13.5. The first-order valence-electron chi connectivity index (χ1n) is 8.69. The van der Waals surface area contributed by atoms with Crippen LogP contribution in [-0.2, 0) is 0 Å². The molecule has 0 aliphatic rings. The van der Waals surface area contributed by atoms with E-state index in [1.54, 1.807) is 42.5 Å². The molecule has 3 rings (SSSR count). The summed E-state index contributed by atoms with van der Waals surface area (Å²) in [6, 6.07) is 15.7. The Morgan fingerprint density at radius 3 is 2.39 bits per heavy atom. The van der Waals surface area contributed by atoms with Crippen molar-refractivity contribution in [3.63, 3.8) is 0 Å². The molecule has 0 heterocycles. The number of anilines is 1. The van der Waals surface area contributed by atoms with E-state index in [0.717, 1.165) is 5.39 Å². The minimum Gasteiger partial charge on any atom is -0.493 e. The first kappa shape index (κ1) is 19.5. The average Bonchev–Trinajstić information content (AvgIpc) is 2.71. The molecule has 0 saturated carbocycles. The zero-order valence-electron chi connectivity index (χ0n) is 15.4. The number of fused-ring (bicyclic) bond motifs is 1. The van der Waals surface area contributed by atoms with Crippen molar-refractivity contribution >= 4 is 40.1 Å². The molecule has 0 fully saturated rings. The van der Waals surface area contributed by atoms with Crippen LogP contribution in [0.5, 0.6) is 11.5 Å². The van der Waals surface area contributed by atoms with Gasteiger partial charge in [-0.05, 0) is 25.1 Å². The summed E-state index contributed by atoms with van der Waals surface area (Å²) in [5.41, 5.74) is 0.608. The maximum absolute atomic E-state index is 13.0. The number of nitrogens with one attached hydrogen (secondary N) is 2. The van der Waals surface area contributed by atoms with Crippen LogP contribution >= 0.6 is 11.6 Å². The maximum Gasteiger partial charge on any atom is 0.412 e. The largest absolute Gasteiger partial charge is 0.493 e. The van der Waals surface area contributed by atoms with Gasteiger partial charge in [0.2, 0.25) is 0 Å². The van der Waals surface area contributed by atoms with Gasteiger partial charge in [-0.1, -0.05) is 48.0 Å². The number of amides is 2. The van der Waals surface area contributed by atoms with Gasteiger partial charge in [0.05, 0.1) is 22.9 Å². The second-order valence-electron chi connectivity index (χ2n) is 5.80. The number of para-hydroxylation sites is 1. The molecule has 2 amide bonds. The number of carbonyl (C=O) groups is 2. The van der Waals surface area contributed by atoms with Crippen LogP contribution in [-0.4, -0.2) is 25.7 Å². The van der Waals surface area contributed by atoms with Gasteiger partial charge in [0, 0.05) is 17.8 Å². The van der Waals surface area contributed by atoms with Gasteiger partial charge in [0.1, 0.15) is 5.75 Å². The molecule has 0 atom stereocenters. The van der Waals surface area contributed by atoms with Crippen molar-refractivity contribution in [2.24, 2.45) is 0 Å². The summed E-state index contributed by atoms with van der Waals surface area (Å²) in [6.07, 6.45) is -0.680. The van der Waals surface area contributed by atoms with Crippen molar-refractivity contribution < 1.29 is 19.1 Å². The summed E-state index contributed by atoms with van der Waals surface area (Å²) < 4.78 is 11.1. The molecule has 144 valence electrons. The molecule has 3 aromatic rings. The topological polar surface area (TPSA) is 76.7 Å². The molecule has 0 aliphatic heterocycles. The van der Waals surface area contributed by atoms with E-state index < -0.39 is 12.0 Å². The van der Waals surface area contributed by atoms with Gasteiger partial charge in [-0.3, -0.25) is 4.79 Å². The standard InChI is InChI=1S/C21H19ClN2O4/c1-3-27-18-12-15(20(25)24-17-11-7-6-10-16(17)22)19(28-21(26)23-2)14-9-5-4-8-13(14)18/h4-12H,3H2,1-2H3,(H,23,26)(H,24,25). The van der Waals surface area contributed by atoms with Crippen LogP contribution in [0.3, 0.4) is 0 Å². The van der Waals surface area contributed by atoms with Crippen LogP contribution in [0, 0.1) is 0 Å². The molecule has 0 unspecified atom stereocenters. The zero-order chi connectivity index (χ0) is 20.1. The predicted molar refractivity (Wildman–Crippen MR) is 110 cm³/mol. The molecule has 28 heavy (non-hydrogen) atoms. The quantitative estimate of drug-likeness (QED) is 0.643. The van der Waals surface area contributed by atoms with E-state index in [0.29, 0.717) is 28.5 Å². The van der Waals surface area contributed by atoms with Crippen LogP contribution in [0.4, 0.5) is 10.5 Å². The molecule has 0 radical (unpaired) electrons. The smallest absolute Gasteiger partial charge is 0.412 e. The van der Waals surface area contributed by atoms with Gasteiger partial charge < -0.3 is 20.1 Å². The summed E-state index contributed by atoms with van der Waals surface area (Å²) in [5, 5.41) is 6.87. The molecule has 0 bridgehead atoms. The highest BCUT2D eigenvalue weighted by Crippen LogP contribution is 2.37. The Labute approximate surface area is 167 Å². The monoisotopic (exact) mass is 398 g/mol. The van der Waals surface area contributed by atoms with Crippen LogP contribution in [0.1, 0.15) is 17.3 Å². The molecule has 7 heteroatoms. The van der Waals surface area contributed by atoms with Crippen LogP contribution in [0.2, 0.25) is 5.02 Å². The summed E-state index contributed by atoms with van der Waals surface area (Å²) in [5.74, 6) is 0.188. The summed E-state index contributed by atoms with van der Waals surface area (Å²) in [4.78, 5) is 24.9. The number of halogens is 1. The molecular formula is C21H19ClN2O4. The molecule has 3 aromatic carbocycles. The molecule has 0 aromatic heterocycles. The lowest BCUT2D eigenvalue weighted by molar-refractivity contribution is 0.102. The van der Waals surface area contributed by atoms with E-state index in [1.165, 1.54) is 7.05 Å². The van der Waals surface area contributed by atoms with Crippen LogP contribution in [0.25, 0.3) is 10.8 Å². The van der Waals surface area contributed by atoms with Gasteiger partial charge in [-0.25, -0.2) is 4.79 Å². The van der Waals surface area contributed by atoms with Crippen LogP contribution in [0.15, 0.2) is 54.6 Å².